The molecule has 184 valence electrons. The topological polar surface area (TPSA) is 71.4 Å². The van der Waals surface area contributed by atoms with Gasteiger partial charge in [0, 0.05) is 31.4 Å². The fraction of sp³-hybridized carbons (Fsp3) is 0.517. The fourth-order valence-corrected chi connectivity index (χ4v) is 6.37. The van der Waals surface area contributed by atoms with Gasteiger partial charge in [-0.15, -0.1) is 0 Å². The average molecular weight is 472 g/mol. The number of nitriles is 1. The molecule has 2 aromatic rings. The molecule has 2 bridgehead atoms. The van der Waals surface area contributed by atoms with Crippen molar-refractivity contribution in [1.82, 2.24) is 15.1 Å². The highest BCUT2D eigenvalue weighted by molar-refractivity contribution is 5.89. The van der Waals surface area contributed by atoms with E-state index in [0.717, 1.165) is 30.8 Å². The Kier molecular flexibility index (Phi) is 7.66. The van der Waals surface area contributed by atoms with Crippen molar-refractivity contribution in [3.05, 3.63) is 65.7 Å². The van der Waals surface area contributed by atoms with Crippen LogP contribution in [0.1, 0.15) is 36.8 Å². The summed E-state index contributed by atoms with van der Waals surface area (Å²) in [7, 11) is 0. The van der Waals surface area contributed by atoms with Gasteiger partial charge in [-0.05, 0) is 93.3 Å². The highest BCUT2D eigenvalue weighted by atomic mass is 16.2. The number of fused-ring (bicyclic) bond motifs is 3. The van der Waals surface area contributed by atoms with E-state index in [2.05, 4.69) is 56.8 Å². The minimum Gasteiger partial charge on any atom is -0.336 e. The molecule has 4 saturated heterocycles. The van der Waals surface area contributed by atoms with Gasteiger partial charge in [0.25, 0.3) is 0 Å². The maximum atomic E-state index is 12.4. The van der Waals surface area contributed by atoms with Crippen molar-refractivity contribution in [1.29, 1.82) is 5.26 Å². The van der Waals surface area contributed by atoms with Crippen LogP contribution in [0.3, 0.4) is 0 Å². The number of nitrogens with one attached hydrogen (secondary N) is 2. The van der Waals surface area contributed by atoms with Gasteiger partial charge in [-0.3, -0.25) is 4.90 Å². The lowest BCUT2D eigenvalue weighted by atomic mass is 9.75. The van der Waals surface area contributed by atoms with Crippen LogP contribution in [0.25, 0.3) is 0 Å². The van der Waals surface area contributed by atoms with Gasteiger partial charge in [0.2, 0.25) is 0 Å². The molecule has 4 fully saturated rings. The lowest BCUT2D eigenvalue weighted by Gasteiger charge is -2.51. The van der Waals surface area contributed by atoms with Crippen LogP contribution in [-0.2, 0) is 6.42 Å². The first-order valence-corrected chi connectivity index (χ1v) is 13.2. The highest BCUT2D eigenvalue weighted by Gasteiger charge is 2.40. The van der Waals surface area contributed by atoms with Crippen molar-refractivity contribution in [3.8, 4) is 6.07 Å². The molecule has 0 aromatic heterocycles. The molecule has 4 heterocycles. The first kappa shape index (κ1) is 23.8. The molecular weight excluding hydrogens is 434 g/mol. The molecule has 0 saturated carbocycles. The Hall–Kier alpha value is -2.88. The van der Waals surface area contributed by atoms with Crippen molar-refractivity contribution in [2.24, 2.45) is 17.8 Å². The van der Waals surface area contributed by atoms with E-state index >= 15 is 0 Å². The molecule has 0 radical (unpaired) electrons. The predicted molar refractivity (Wildman–Crippen MR) is 139 cm³/mol. The van der Waals surface area contributed by atoms with E-state index in [1.165, 1.54) is 57.3 Å². The molecule has 4 atom stereocenters. The third-order valence-electron chi connectivity index (χ3n) is 8.33. The molecule has 2 aromatic carbocycles. The zero-order valence-electron chi connectivity index (χ0n) is 20.5. The lowest BCUT2D eigenvalue weighted by molar-refractivity contribution is -0.0145. The Labute approximate surface area is 209 Å². The Balaban J connectivity index is 1.04. The van der Waals surface area contributed by atoms with Crippen LogP contribution in [0, 0.1) is 29.1 Å². The van der Waals surface area contributed by atoms with Gasteiger partial charge in [-0.25, -0.2) is 4.79 Å². The number of benzene rings is 2. The third kappa shape index (κ3) is 6.22. The van der Waals surface area contributed by atoms with Gasteiger partial charge < -0.3 is 15.5 Å². The van der Waals surface area contributed by atoms with Crippen LogP contribution in [0.5, 0.6) is 0 Å². The van der Waals surface area contributed by atoms with Crippen LogP contribution in [0.15, 0.2) is 54.6 Å². The lowest BCUT2D eigenvalue weighted by Crippen LogP contribution is -2.59. The summed E-state index contributed by atoms with van der Waals surface area (Å²) >= 11 is 0. The number of nitrogens with zero attached hydrogens (tertiary/aromatic N) is 3. The Morgan fingerprint density at radius 2 is 1.86 bits per heavy atom. The summed E-state index contributed by atoms with van der Waals surface area (Å²) < 4.78 is 0. The van der Waals surface area contributed by atoms with Gasteiger partial charge in [0.05, 0.1) is 11.6 Å². The summed E-state index contributed by atoms with van der Waals surface area (Å²) in [5.41, 5.74) is 2.68. The SMILES string of the molecule is N#Cc1cccc(NC(=O)NC[C@H]2C[C@@H]3CCN2C[C@H]3CN2CCC(Cc3ccccc3)CC2)c1. The van der Waals surface area contributed by atoms with E-state index in [-0.39, 0.29) is 6.03 Å². The second-order valence-electron chi connectivity index (χ2n) is 10.7. The predicted octanol–water partition coefficient (Wildman–Crippen LogP) is 4.34. The highest BCUT2D eigenvalue weighted by Crippen LogP contribution is 2.37. The molecule has 2 N–H and O–H groups in total. The summed E-state index contributed by atoms with van der Waals surface area (Å²) in [4.78, 5) is 17.7. The summed E-state index contributed by atoms with van der Waals surface area (Å²) in [5.74, 6) is 2.35. The Morgan fingerprint density at radius 3 is 2.60 bits per heavy atom. The van der Waals surface area contributed by atoms with Gasteiger partial charge in [-0.2, -0.15) is 5.26 Å². The van der Waals surface area contributed by atoms with E-state index in [1.54, 1.807) is 18.2 Å². The second kappa shape index (κ2) is 11.2. The molecule has 4 aliphatic rings. The first-order chi connectivity index (χ1) is 17.2. The molecular formula is C29H37N5O. The van der Waals surface area contributed by atoms with Crippen LogP contribution in [0.4, 0.5) is 10.5 Å². The number of amides is 2. The quantitative estimate of drug-likeness (QED) is 0.630. The molecule has 4 aliphatic heterocycles. The van der Waals surface area contributed by atoms with Crippen molar-refractivity contribution in [3.63, 3.8) is 0 Å². The molecule has 6 nitrogen and oxygen atoms in total. The van der Waals surface area contributed by atoms with Crippen LogP contribution in [-0.4, -0.2) is 61.1 Å². The Bertz CT molecular complexity index is 1030. The average Bonchev–Trinajstić information content (AvgIpc) is 2.90. The number of piperidine rings is 4. The summed E-state index contributed by atoms with van der Waals surface area (Å²) in [6.45, 7) is 6.69. The van der Waals surface area contributed by atoms with Crippen molar-refractivity contribution >= 4 is 11.7 Å². The maximum Gasteiger partial charge on any atom is 0.319 e. The summed E-state index contributed by atoms with van der Waals surface area (Å²) in [6.07, 6.45) is 6.32. The third-order valence-corrected chi connectivity index (χ3v) is 8.33. The van der Waals surface area contributed by atoms with Crippen molar-refractivity contribution < 1.29 is 4.79 Å². The molecule has 0 aliphatic carbocycles. The van der Waals surface area contributed by atoms with Gasteiger partial charge in [0.15, 0.2) is 0 Å². The number of hydrogen-bond donors (Lipinski definition) is 2. The van der Waals surface area contributed by atoms with E-state index in [9.17, 15) is 4.79 Å². The van der Waals surface area contributed by atoms with E-state index in [0.29, 0.717) is 23.8 Å². The zero-order valence-corrected chi connectivity index (χ0v) is 20.5. The number of anilines is 1. The molecule has 6 rings (SSSR count). The zero-order chi connectivity index (χ0) is 24.0. The first-order valence-electron chi connectivity index (χ1n) is 13.2. The standard InChI is InChI=1S/C29H37N5O/c30-18-24-7-4-8-27(16-24)32-29(35)31-19-28-17-25-11-14-34(28)21-26(25)20-33-12-9-23(10-13-33)15-22-5-2-1-3-6-22/h1-8,16,23,25-26,28H,9-15,17,19-21H2,(H2,31,32,35)/t25-,26+,28+/m0/s1. The monoisotopic (exact) mass is 471 g/mol. The number of rotatable bonds is 7. The number of likely N-dealkylation sites (tertiary alicyclic amines) is 1. The number of carbonyl (C=O) groups excluding carboxylic acids is 1. The van der Waals surface area contributed by atoms with Gasteiger partial charge in [-0.1, -0.05) is 36.4 Å². The fourth-order valence-electron chi connectivity index (χ4n) is 6.37. The second-order valence-corrected chi connectivity index (χ2v) is 10.7. The minimum atomic E-state index is -0.197. The van der Waals surface area contributed by atoms with Crippen molar-refractivity contribution in [2.45, 2.75) is 38.1 Å². The van der Waals surface area contributed by atoms with E-state index in [4.69, 9.17) is 5.26 Å². The molecule has 35 heavy (non-hydrogen) atoms. The van der Waals surface area contributed by atoms with E-state index < -0.39 is 0 Å². The number of carbonyl (C=O) groups is 1. The Morgan fingerprint density at radius 1 is 1.03 bits per heavy atom. The summed E-state index contributed by atoms with van der Waals surface area (Å²) in [6, 6.07) is 20.3. The maximum absolute atomic E-state index is 12.4. The van der Waals surface area contributed by atoms with Gasteiger partial charge >= 0.3 is 6.03 Å². The number of urea groups is 1. The molecule has 2 amide bonds. The van der Waals surface area contributed by atoms with Crippen LogP contribution in [0.2, 0.25) is 0 Å². The number of hydrogen-bond acceptors (Lipinski definition) is 4. The normalized spacial score (nSPS) is 26.7. The van der Waals surface area contributed by atoms with Crippen molar-refractivity contribution in [2.75, 3.05) is 44.6 Å². The smallest absolute Gasteiger partial charge is 0.319 e. The van der Waals surface area contributed by atoms with E-state index in [1.807, 2.05) is 6.07 Å². The molecule has 1 unspecified atom stereocenters. The molecule has 0 spiro atoms. The largest absolute Gasteiger partial charge is 0.336 e. The van der Waals surface area contributed by atoms with Gasteiger partial charge in [0.1, 0.15) is 0 Å². The van der Waals surface area contributed by atoms with Crippen LogP contribution >= 0.6 is 0 Å². The summed E-state index contributed by atoms with van der Waals surface area (Å²) in [5, 5.41) is 14.9. The molecule has 6 heteroatoms. The minimum absolute atomic E-state index is 0.197. The van der Waals surface area contributed by atoms with Crippen LogP contribution < -0.4 is 10.6 Å².